The minimum atomic E-state index is -0.127. The molecule has 6 heteroatoms. The van der Waals surface area contributed by atoms with Gasteiger partial charge in [-0.3, -0.25) is 4.79 Å². The van der Waals surface area contributed by atoms with Gasteiger partial charge in [0.1, 0.15) is 0 Å². The van der Waals surface area contributed by atoms with Gasteiger partial charge in [-0.2, -0.15) is 5.10 Å². The summed E-state index contributed by atoms with van der Waals surface area (Å²) in [6.45, 7) is 0. The molecule has 146 valence electrons. The SMILES string of the molecule is O=c1[nH]nc([C@H]2CC[C@H](Nc3ncc(-c4ccccc4)o3)CC2)c2ccccc12. The third kappa shape index (κ3) is 3.53. The van der Waals surface area contributed by atoms with Crippen LogP contribution < -0.4 is 10.9 Å². The summed E-state index contributed by atoms with van der Waals surface area (Å²) in [5.41, 5.74) is 1.90. The summed E-state index contributed by atoms with van der Waals surface area (Å²) in [4.78, 5) is 16.4. The van der Waals surface area contributed by atoms with Crippen molar-refractivity contribution in [2.24, 2.45) is 0 Å². The van der Waals surface area contributed by atoms with E-state index in [2.05, 4.69) is 20.5 Å². The predicted molar refractivity (Wildman–Crippen MR) is 113 cm³/mol. The zero-order valence-electron chi connectivity index (χ0n) is 16.0. The van der Waals surface area contributed by atoms with Crippen LogP contribution >= 0.6 is 0 Å². The number of nitrogens with one attached hydrogen (secondary N) is 2. The largest absolute Gasteiger partial charge is 0.424 e. The van der Waals surface area contributed by atoms with Crippen LogP contribution in [0.1, 0.15) is 37.3 Å². The molecule has 1 fully saturated rings. The van der Waals surface area contributed by atoms with E-state index < -0.39 is 0 Å². The van der Waals surface area contributed by atoms with Crippen LogP contribution in [0.2, 0.25) is 0 Å². The Morgan fingerprint density at radius 3 is 2.45 bits per heavy atom. The van der Waals surface area contributed by atoms with Gasteiger partial charge < -0.3 is 9.73 Å². The molecule has 1 aliphatic carbocycles. The first-order chi connectivity index (χ1) is 14.3. The first kappa shape index (κ1) is 17.7. The van der Waals surface area contributed by atoms with E-state index in [0.717, 1.165) is 48.1 Å². The third-order valence-electron chi connectivity index (χ3n) is 5.73. The maximum atomic E-state index is 12.0. The van der Waals surface area contributed by atoms with E-state index >= 15 is 0 Å². The molecule has 2 heterocycles. The molecule has 1 aliphatic rings. The van der Waals surface area contributed by atoms with Crippen LogP contribution in [0.25, 0.3) is 22.1 Å². The smallest absolute Gasteiger partial charge is 0.295 e. The van der Waals surface area contributed by atoms with Gasteiger partial charge in [-0.15, -0.1) is 0 Å². The van der Waals surface area contributed by atoms with Crippen molar-refractivity contribution in [2.75, 3.05) is 5.32 Å². The maximum Gasteiger partial charge on any atom is 0.295 e. The van der Waals surface area contributed by atoms with Crippen molar-refractivity contribution in [3.05, 3.63) is 76.8 Å². The highest BCUT2D eigenvalue weighted by atomic mass is 16.4. The summed E-state index contributed by atoms with van der Waals surface area (Å²) in [6, 6.07) is 18.6. The highest BCUT2D eigenvalue weighted by Crippen LogP contribution is 2.35. The molecular formula is C23H22N4O2. The lowest BCUT2D eigenvalue weighted by atomic mass is 9.83. The Morgan fingerprint density at radius 1 is 0.931 bits per heavy atom. The Bertz CT molecular complexity index is 1170. The molecule has 2 N–H and O–H groups in total. The molecule has 0 unspecified atom stereocenters. The van der Waals surface area contributed by atoms with Crippen molar-refractivity contribution in [1.29, 1.82) is 0 Å². The van der Waals surface area contributed by atoms with Crippen LogP contribution in [-0.2, 0) is 0 Å². The number of aromatic amines is 1. The van der Waals surface area contributed by atoms with E-state index in [1.54, 1.807) is 6.20 Å². The number of hydrogen-bond donors (Lipinski definition) is 2. The second-order valence-electron chi connectivity index (χ2n) is 7.57. The Hall–Kier alpha value is -3.41. The zero-order valence-corrected chi connectivity index (χ0v) is 16.0. The van der Waals surface area contributed by atoms with Crippen molar-refractivity contribution >= 4 is 16.8 Å². The first-order valence-corrected chi connectivity index (χ1v) is 10.0. The average Bonchev–Trinajstić information content (AvgIpc) is 3.24. The van der Waals surface area contributed by atoms with Crippen LogP contribution in [0.5, 0.6) is 0 Å². The molecule has 0 amide bonds. The molecule has 0 radical (unpaired) electrons. The minimum absolute atomic E-state index is 0.127. The molecule has 5 rings (SSSR count). The highest BCUT2D eigenvalue weighted by molar-refractivity contribution is 5.83. The molecule has 4 aromatic rings. The normalized spacial score (nSPS) is 19.3. The lowest BCUT2D eigenvalue weighted by Crippen LogP contribution is -2.26. The number of benzene rings is 2. The van der Waals surface area contributed by atoms with E-state index in [4.69, 9.17) is 4.42 Å². The van der Waals surface area contributed by atoms with Gasteiger partial charge >= 0.3 is 0 Å². The summed E-state index contributed by atoms with van der Waals surface area (Å²) >= 11 is 0. The molecule has 0 bridgehead atoms. The molecule has 6 nitrogen and oxygen atoms in total. The van der Waals surface area contributed by atoms with Gasteiger partial charge in [-0.05, 0) is 31.7 Å². The molecule has 2 aromatic carbocycles. The average molecular weight is 386 g/mol. The standard InChI is InChI=1S/C23H22N4O2/c28-22-19-9-5-4-8-18(19)21(26-27-22)16-10-12-17(13-11-16)25-23-24-14-20(29-23)15-6-2-1-3-7-15/h1-9,14,16-17H,10-13H2,(H,24,25)(H,27,28)/t16-,17-. The van der Waals surface area contributed by atoms with E-state index in [9.17, 15) is 4.79 Å². The van der Waals surface area contributed by atoms with Crippen LogP contribution in [0.3, 0.4) is 0 Å². The number of fused-ring (bicyclic) bond motifs is 1. The van der Waals surface area contributed by atoms with Crippen LogP contribution in [-0.4, -0.2) is 21.2 Å². The summed E-state index contributed by atoms with van der Waals surface area (Å²) in [6.07, 6.45) is 5.78. The quantitative estimate of drug-likeness (QED) is 0.530. The molecule has 29 heavy (non-hydrogen) atoms. The Balaban J connectivity index is 1.27. The summed E-state index contributed by atoms with van der Waals surface area (Å²) < 4.78 is 5.88. The second-order valence-corrected chi connectivity index (χ2v) is 7.57. The van der Waals surface area contributed by atoms with Gasteiger partial charge in [-0.1, -0.05) is 48.5 Å². The van der Waals surface area contributed by atoms with Crippen LogP contribution in [0, 0.1) is 0 Å². The molecule has 0 spiro atoms. The third-order valence-corrected chi connectivity index (χ3v) is 5.73. The number of H-pyrrole nitrogens is 1. The lowest BCUT2D eigenvalue weighted by Gasteiger charge is -2.28. The van der Waals surface area contributed by atoms with Crippen LogP contribution in [0.4, 0.5) is 6.01 Å². The number of aromatic nitrogens is 3. The van der Waals surface area contributed by atoms with E-state index in [1.807, 2.05) is 54.6 Å². The molecule has 2 aromatic heterocycles. The number of oxazole rings is 1. The highest BCUT2D eigenvalue weighted by Gasteiger charge is 2.26. The Kier molecular flexibility index (Phi) is 4.60. The van der Waals surface area contributed by atoms with E-state index in [1.165, 1.54) is 0 Å². The summed E-state index contributed by atoms with van der Waals surface area (Å²) in [5, 5.41) is 12.2. The van der Waals surface area contributed by atoms with Gasteiger partial charge in [0.2, 0.25) is 0 Å². The van der Waals surface area contributed by atoms with Gasteiger partial charge in [0.05, 0.1) is 17.3 Å². The number of nitrogens with zero attached hydrogens (tertiary/aromatic N) is 2. The van der Waals surface area contributed by atoms with Crippen molar-refractivity contribution < 1.29 is 4.42 Å². The number of rotatable bonds is 4. The summed E-state index contributed by atoms with van der Waals surface area (Å²) in [7, 11) is 0. The van der Waals surface area contributed by atoms with Gasteiger partial charge in [-0.25, -0.2) is 10.1 Å². The fourth-order valence-corrected chi connectivity index (χ4v) is 4.21. The summed E-state index contributed by atoms with van der Waals surface area (Å²) in [5.74, 6) is 1.12. The van der Waals surface area contributed by atoms with E-state index in [0.29, 0.717) is 23.4 Å². The van der Waals surface area contributed by atoms with Gasteiger partial charge in [0.15, 0.2) is 5.76 Å². The second kappa shape index (κ2) is 7.54. The molecule has 0 saturated heterocycles. The molecule has 0 aliphatic heterocycles. The van der Waals surface area contributed by atoms with Crippen molar-refractivity contribution in [2.45, 2.75) is 37.6 Å². The maximum absolute atomic E-state index is 12.0. The molecule has 0 atom stereocenters. The van der Waals surface area contributed by atoms with Crippen molar-refractivity contribution in [3.63, 3.8) is 0 Å². The Labute approximate surface area is 168 Å². The van der Waals surface area contributed by atoms with Gasteiger partial charge in [0, 0.05) is 22.9 Å². The van der Waals surface area contributed by atoms with Gasteiger partial charge in [0.25, 0.3) is 11.6 Å². The topological polar surface area (TPSA) is 83.8 Å². The molecular weight excluding hydrogens is 364 g/mol. The first-order valence-electron chi connectivity index (χ1n) is 10.0. The fraction of sp³-hybridized carbons (Fsp3) is 0.261. The monoisotopic (exact) mass is 386 g/mol. The number of anilines is 1. The predicted octanol–water partition coefficient (Wildman–Crippen LogP) is 4.72. The van der Waals surface area contributed by atoms with E-state index in [-0.39, 0.29) is 5.56 Å². The zero-order chi connectivity index (χ0) is 19.6. The van der Waals surface area contributed by atoms with Crippen molar-refractivity contribution in [3.8, 4) is 11.3 Å². The van der Waals surface area contributed by atoms with Crippen molar-refractivity contribution in [1.82, 2.24) is 15.2 Å². The molecule has 1 saturated carbocycles. The Morgan fingerprint density at radius 2 is 1.66 bits per heavy atom. The fourth-order valence-electron chi connectivity index (χ4n) is 4.21. The number of hydrogen-bond acceptors (Lipinski definition) is 5. The minimum Gasteiger partial charge on any atom is -0.424 e. The lowest BCUT2D eigenvalue weighted by molar-refractivity contribution is 0.399. The van der Waals surface area contributed by atoms with Crippen LogP contribution in [0.15, 0.2) is 70.0 Å².